The van der Waals surface area contributed by atoms with Gasteiger partial charge in [-0.05, 0) is 61.0 Å². The van der Waals surface area contributed by atoms with Crippen LogP contribution in [0.2, 0.25) is 0 Å². The molecular formula is C23H20FN5O3S. The topological polar surface area (TPSA) is 90.6 Å². The second kappa shape index (κ2) is 10.5. The first kappa shape index (κ1) is 22.2. The quantitative estimate of drug-likeness (QED) is 0.402. The number of hydrogen-bond acceptors (Lipinski definition) is 7. The number of carbonyl (C=O) groups is 1. The van der Waals surface area contributed by atoms with Crippen LogP contribution in [-0.2, 0) is 4.79 Å². The largest absolute Gasteiger partial charge is 0.494 e. The molecule has 0 bridgehead atoms. The number of benzene rings is 2. The normalized spacial score (nSPS) is 11.3. The molecule has 2 aromatic heterocycles. The van der Waals surface area contributed by atoms with Gasteiger partial charge in [-0.15, -0.1) is 16.4 Å². The van der Waals surface area contributed by atoms with Crippen molar-refractivity contribution in [3.8, 4) is 28.6 Å². The van der Waals surface area contributed by atoms with Gasteiger partial charge in [0.05, 0.1) is 18.5 Å². The molecule has 1 amide bonds. The van der Waals surface area contributed by atoms with Crippen LogP contribution in [0.4, 0.5) is 4.39 Å². The predicted molar refractivity (Wildman–Crippen MR) is 121 cm³/mol. The number of rotatable bonds is 8. The highest BCUT2D eigenvalue weighted by molar-refractivity contribution is 7.07. The van der Waals surface area contributed by atoms with Crippen molar-refractivity contribution in [1.29, 1.82) is 0 Å². The predicted octanol–water partition coefficient (Wildman–Crippen LogP) is 3.54. The molecule has 1 N–H and O–H groups in total. The van der Waals surface area contributed by atoms with Crippen molar-refractivity contribution in [2.45, 2.75) is 6.92 Å². The van der Waals surface area contributed by atoms with Gasteiger partial charge in [0.2, 0.25) is 10.7 Å². The van der Waals surface area contributed by atoms with E-state index in [4.69, 9.17) is 9.47 Å². The summed E-state index contributed by atoms with van der Waals surface area (Å²) in [5.74, 6) is 0.220. The van der Waals surface area contributed by atoms with Crippen LogP contribution in [0.5, 0.6) is 11.6 Å². The minimum atomic E-state index is -0.448. The number of nitrogens with one attached hydrogen (secondary N) is 1. The van der Waals surface area contributed by atoms with Gasteiger partial charge in [-0.25, -0.2) is 14.8 Å². The standard InChI is InChI=1S/C23H20FN5O3S/c1-2-31-19-9-7-18(8-10-19)29-20(16-3-5-17(24)6-4-16)15-33-23(29)28-27-21(30)14-32-22-13-25-11-12-26-22/h3-13,15H,2,14H2,1H3,(H,27,30)/b28-23-. The van der Waals surface area contributed by atoms with E-state index < -0.39 is 5.91 Å². The van der Waals surface area contributed by atoms with Crippen LogP contribution in [0.3, 0.4) is 0 Å². The molecule has 168 valence electrons. The lowest BCUT2D eigenvalue weighted by molar-refractivity contribution is -0.123. The molecular weight excluding hydrogens is 445 g/mol. The minimum absolute atomic E-state index is 0.242. The van der Waals surface area contributed by atoms with Crippen LogP contribution in [0.1, 0.15) is 6.92 Å². The molecule has 10 heteroatoms. The number of nitrogens with zero attached hydrogens (tertiary/aromatic N) is 4. The molecule has 0 saturated carbocycles. The molecule has 0 aliphatic carbocycles. The zero-order valence-corrected chi connectivity index (χ0v) is 18.5. The van der Waals surface area contributed by atoms with Gasteiger partial charge in [0.25, 0.3) is 5.91 Å². The molecule has 0 unspecified atom stereocenters. The Labute approximate surface area is 193 Å². The van der Waals surface area contributed by atoms with Crippen molar-refractivity contribution in [3.63, 3.8) is 0 Å². The highest BCUT2D eigenvalue weighted by atomic mass is 32.1. The van der Waals surface area contributed by atoms with Crippen LogP contribution in [0, 0.1) is 5.82 Å². The minimum Gasteiger partial charge on any atom is -0.494 e. The van der Waals surface area contributed by atoms with Gasteiger partial charge in [0.1, 0.15) is 11.6 Å². The summed E-state index contributed by atoms with van der Waals surface area (Å²) in [6.45, 7) is 2.22. The maximum Gasteiger partial charge on any atom is 0.278 e. The van der Waals surface area contributed by atoms with E-state index in [0.717, 1.165) is 22.7 Å². The number of ether oxygens (including phenoxy) is 2. The first-order valence-corrected chi connectivity index (χ1v) is 10.9. The average Bonchev–Trinajstić information content (AvgIpc) is 3.27. The van der Waals surface area contributed by atoms with Crippen molar-refractivity contribution in [2.24, 2.45) is 5.10 Å². The van der Waals surface area contributed by atoms with E-state index in [1.165, 1.54) is 42.1 Å². The third-order valence-electron chi connectivity index (χ3n) is 4.42. The van der Waals surface area contributed by atoms with Gasteiger partial charge in [-0.1, -0.05) is 0 Å². The van der Waals surface area contributed by atoms with Crippen LogP contribution in [-0.4, -0.2) is 33.7 Å². The van der Waals surface area contributed by atoms with Crippen molar-refractivity contribution in [1.82, 2.24) is 20.0 Å². The Hall–Kier alpha value is -4.05. The van der Waals surface area contributed by atoms with Gasteiger partial charge in [-0.3, -0.25) is 14.3 Å². The van der Waals surface area contributed by atoms with E-state index in [0.29, 0.717) is 11.4 Å². The molecule has 0 fully saturated rings. The van der Waals surface area contributed by atoms with Crippen molar-refractivity contribution >= 4 is 17.2 Å². The van der Waals surface area contributed by atoms with E-state index in [2.05, 4.69) is 20.5 Å². The molecule has 2 aromatic carbocycles. The second-order valence-electron chi connectivity index (χ2n) is 6.65. The number of aromatic nitrogens is 3. The van der Waals surface area contributed by atoms with Crippen LogP contribution >= 0.6 is 11.3 Å². The third kappa shape index (κ3) is 5.60. The van der Waals surface area contributed by atoms with E-state index >= 15 is 0 Å². The first-order valence-electron chi connectivity index (χ1n) is 10.0. The highest BCUT2D eigenvalue weighted by Gasteiger charge is 2.12. The summed E-state index contributed by atoms with van der Waals surface area (Å²) in [6.07, 6.45) is 4.40. The molecule has 2 heterocycles. The van der Waals surface area contributed by atoms with E-state index in [1.54, 1.807) is 12.1 Å². The summed E-state index contributed by atoms with van der Waals surface area (Å²) in [5.41, 5.74) is 4.92. The summed E-state index contributed by atoms with van der Waals surface area (Å²) in [6, 6.07) is 13.7. The molecule has 0 atom stereocenters. The summed E-state index contributed by atoms with van der Waals surface area (Å²) in [4.78, 5) is 20.6. The Morgan fingerprint density at radius 1 is 1.12 bits per heavy atom. The van der Waals surface area contributed by atoms with Gasteiger partial charge in [0.15, 0.2) is 6.61 Å². The van der Waals surface area contributed by atoms with Crippen LogP contribution in [0.15, 0.2) is 77.6 Å². The Kier molecular flexibility index (Phi) is 7.06. The molecule has 0 radical (unpaired) electrons. The molecule has 33 heavy (non-hydrogen) atoms. The molecule has 4 rings (SSSR count). The lowest BCUT2D eigenvalue weighted by atomic mass is 10.1. The fourth-order valence-electron chi connectivity index (χ4n) is 2.96. The smallest absolute Gasteiger partial charge is 0.278 e. The lowest BCUT2D eigenvalue weighted by Gasteiger charge is -2.11. The Morgan fingerprint density at radius 2 is 1.91 bits per heavy atom. The number of carbonyl (C=O) groups excluding carboxylic acids is 1. The Balaban J connectivity index is 1.62. The number of halogens is 1. The SMILES string of the molecule is CCOc1ccc(-n2c(-c3ccc(F)cc3)cs/c2=N\NC(=O)COc2cnccn2)cc1. The molecule has 0 aliphatic rings. The maximum absolute atomic E-state index is 13.4. The second-order valence-corrected chi connectivity index (χ2v) is 7.49. The van der Waals surface area contributed by atoms with E-state index in [9.17, 15) is 9.18 Å². The molecule has 0 spiro atoms. The zero-order valence-electron chi connectivity index (χ0n) is 17.6. The Morgan fingerprint density at radius 3 is 2.61 bits per heavy atom. The fraction of sp³-hybridized carbons (Fsp3) is 0.130. The van der Waals surface area contributed by atoms with Crippen LogP contribution < -0.4 is 19.7 Å². The maximum atomic E-state index is 13.4. The monoisotopic (exact) mass is 465 g/mol. The zero-order chi connectivity index (χ0) is 23.0. The first-order chi connectivity index (χ1) is 16.1. The molecule has 0 aliphatic heterocycles. The van der Waals surface area contributed by atoms with Gasteiger partial charge >= 0.3 is 0 Å². The van der Waals surface area contributed by atoms with E-state index in [1.807, 2.05) is 41.1 Å². The number of hydrogen-bond donors (Lipinski definition) is 1. The van der Waals surface area contributed by atoms with Gasteiger partial charge in [0, 0.05) is 23.5 Å². The number of thiazole rings is 1. The summed E-state index contributed by atoms with van der Waals surface area (Å²) in [5, 5.41) is 6.17. The summed E-state index contributed by atoms with van der Waals surface area (Å²) in [7, 11) is 0. The van der Waals surface area contributed by atoms with Crippen molar-refractivity contribution in [3.05, 3.63) is 83.1 Å². The van der Waals surface area contributed by atoms with E-state index in [-0.39, 0.29) is 18.3 Å². The summed E-state index contributed by atoms with van der Waals surface area (Å²) >= 11 is 1.33. The van der Waals surface area contributed by atoms with Crippen molar-refractivity contribution in [2.75, 3.05) is 13.2 Å². The lowest BCUT2D eigenvalue weighted by Crippen LogP contribution is -2.28. The average molecular weight is 466 g/mol. The molecule has 8 nitrogen and oxygen atoms in total. The third-order valence-corrected chi connectivity index (χ3v) is 5.25. The van der Waals surface area contributed by atoms with Crippen molar-refractivity contribution < 1.29 is 18.7 Å². The highest BCUT2D eigenvalue weighted by Crippen LogP contribution is 2.25. The van der Waals surface area contributed by atoms with Gasteiger partial charge in [-0.2, -0.15) is 0 Å². The Bertz CT molecular complexity index is 1270. The number of amides is 1. The van der Waals surface area contributed by atoms with Crippen LogP contribution in [0.25, 0.3) is 16.9 Å². The van der Waals surface area contributed by atoms with Gasteiger partial charge < -0.3 is 9.47 Å². The molecule has 4 aromatic rings. The summed E-state index contributed by atoms with van der Waals surface area (Å²) < 4.78 is 26.1. The molecule has 0 saturated heterocycles. The fourth-order valence-corrected chi connectivity index (χ4v) is 3.83.